The molecule has 2 aromatic carbocycles. The molecule has 9 heteroatoms. The number of hydrazone groups is 1. The van der Waals surface area contributed by atoms with Crippen LogP contribution < -0.4 is 19.2 Å². The summed E-state index contributed by atoms with van der Waals surface area (Å²) in [4.78, 5) is 12.2. The monoisotopic (exact) mass is 417 g/mol. The Morgan fingerprint density at radius 2 is 1.90 bits per heavy atom. The van der Waals surface area contributed by atoms with Gasteiger partial charge in [0.1, 0.15) is 6.61 Å². The lowest BCUT2D eigenvalue weighted by Gasteiger charge is -2.16. The number of hydrogen-bond acceptors (Lipinski definition) is 6. The zero-order valence-electron chi connectivity index (χ0n) is 16.5. The molecule has 2 rings (SSSR count). The quantitative estimate of drug-likeness (QED) is 0.384. The largest absolute Gasteiger partial charge is 0.493 e. The van der Waals surface area contributed by atoms with Crippen molar-refractivity contribution < 1.29 is 22.7 Å². The molecular weight excluding hydrogens is 394 g/mol. The minimum atomic E-state index is -3.36. The molecule has 0 aliphatic rings. The summed E-state index contributed by atoms with van der Waals surface area (Å²) in [5.74, 6) is 0.688. The third-order valence-electron chi connectivity index (χ3n) is 3.91. The van der Waals surface area contributed by atoms with Gasteiger partial charge in [0, 0.05) is 12.6 Å². The number of amides is 1. The molecule has 0 aliphatic carbocycles. The van der Waals surface area contributed by atoms with E-state index in [4.69, 9.17) is 9.47 Å². The summed E-state index contributed by atoms with van der Waals surface area (Å²) in [6.07, 6.45) is 4.22. The van der Waals surface area contributed by atoms with Crippen LogP contribution in [-0.4, -0.2) is 47.6 Å². The number of methoxy groups -OCH3 is 1. The molecule has 29 heavy (non-hydrogen) atoms. The number of ether oxygens (including phenoxy) is 2. The number of nitrogens with zero attached hydrogens (tertiary/aromatic N) is 2. The summed E-state index contributed by atoms with van der Waals surface area (Å²) in [6.45, 7) is 3.96. The Labute approximate surface area is 170 Å². The number of anilines is 1. The molecule has 0 saturated heterocycles. The first-order valence-electron chi connectivity index (χ1n) is 8.55. The molecule has 0 atom stereocenters. The van der Waals surface area contributed by atoms with Gasteiger partial charge in [-0.2, -0.15) is 5.10 Å². The number of carbonyl (C=O) groups is 1. The highest BCUT2D eigenvalue weighted by molar-refractivity contribution is 7.92. The fraction of sp³-hybridized carbons (Fsp3) is 0.200. The third kappa shape index (κ3) is 6.08. The lowest BCUT2D eigenvalue weighted by atomic mass is 10.2. The molecular formula is C20H23N3O5S. The van der Waals surface area contributed by atoms with Gasteiger partial charge in [-0.25, -0.2) is 13.8 Å². The summed E-state index contributed by atoms with van der Waals surface area (Å²) >= 11 is 0. The Hall–Kier alpha value is -3.33. The van der Waals surface area contributed by atoms with Crippen LogP contribution in [0.2, 0.25) is 0 Å². The van der Waals surface area contributed by atoms with E-state index in [-0.39, 0.29) is 0 Å². The van der Waals surface area contributed by atoms with E-state index in [1.165, 1.54) is 32.5 Å². The van der Waals surface area contributed by atoms with Crippen molar-refractivity contribution in [1.82, 2.24) is 5.43 Å². The van der Waals surface area contributed by atoms with Crippen LogP contribution >= 0.6 is 0 Å². The Morgan fingerprint density at radius 1 is 1.21 bits per heavy atom. The summed E-state index contributed by atoms with van der Waals surface area (Å²) in [5.41, 5.74) is 3.94. The standard InChI is InChI=1S/C20H23N3O5S/c1-5-12-28-18-11-6-15(13-19(18)27-3)14-21-22-20(24)16-7-9-17(10-8-16)23(2)29(4,25)26/h5-11,13-14H,1,12H2,2-4H3,(H,22,24)/b21-14-. The van der Waals surface area contributed by atoms with Crippen molar-refractivity contribution in [3.8, 4) is 11.5 Å². The van der Waals surface area contributed by atoms with Crippen LogP contribution in [0.3, 0.4) is 0 Å². The van der Waals surface area contributed by atoms with Crippen LogP contribution in [0.25, 0.3) is 0 Å². The van der Waals surface area contributed by atoms with Gasteiger partial charge >= 0.3 is 0 Å². The molecule has 0 aliphatic heterocycles. The minimum absolute atomic E-state index is 0.346. The van der Waals surface area contributed by atoms with Crippen molar-refractivity contribution in [2.45, 2.75) is 0 Å². The first-order valence-corrected chi connectivity index (χ1v) is 10.4. The van der Waals surface area contributed by atoms with Gasteiger partial charge in [-0.1, -0.05) is 12.7 Å². The average Bonchev–Trinajstić information content (AvgIpc) is 2.71. The Kier molecular flexibility index (Phi) is 7.38. The van der Waals surface area contributed by atoms with E-state index in [1.807, 2.05) is 0 Å². The minimum Gasteiger partial charge on any atom is -0.493 e. The molecule has 0 heterocycles. The molecule has 1 amide bonds. The van der Waals surface area contributed by atoms with Gasteiger partial charge in [0.25, 0.3) is 5.91 Å². The van der Waals surface area contributed by atoms with Crippen LogP contribution in [0, 0.1) is 0 Å². The topological polar surface area (TPSA) is 97.3 Å². The highest BCUT2D eigenvalue weighted by Crippen LogP contribution is 2.27. The summed E-state index contributed by atoms with van der Waals surface area (Å²) in [6, 6.07) is 11.4. The Morgan fingerprint density at radius 3 is 2.48 bits per heavy atom. The molecule has 0 unspecified atom stereocenters. The predicted molar refractivity (Wildman–Crippen MR) is 113 cm³/mol. The fourth-order valence-electron chi connectivity index (χ4n) is 2.28. The smallest absolute Gasteiger partial charge is 0.271 e. The fourth-order valence-corrected chi connectivity index (χ4v) is 2.78. The Balaban J connectivity index is 2.03. The molecule has 0 radical (unpaired) electrons. The molecule has 154 valence electrons. The van der Waals surface area contributed by atoms with Crippen LogP contribution in [-0.2, 0) is 10.0 Å². The van der Waals surface area contributed by atoms with E-state index in [0.717, 1.165) is 10.6 Å². The second-order valence-electron chi connectivity index (χ2n) is 5.99. The van der Waals surface area contributed by atoms with E-state index in [9.17, 15) is 13.2 Å². The third-order valence-corrected chi connectivity index (χ3v) is 5.12. The lowest BCUT2D eigenvalue weighted by Crippen LogP contribution is -2.25. The normalized spacial score (nSPS) is 11.1. The zero-order valence-corrected chi connectivity index (χ0v) is 17.3. The number of hydrogen-bond donors (Lipinski definition) is 1. The summed E-state index contributed by atoms with van der Waals surface area (Å²) in [5, 5.41) is 3.94. The maximum Gasteiger partial charge on any atom is 0.271 e. The van der Waals surface area contributed by atoms with Gasteiger partial charge in [0.15, 0.2) is 11.5 Å². The number of nitrogens with one attached hydrogen (secondary N) is 1. The van der Waals surface area contributed by atoms with E-state index < -0.39 is 15.9 Å². The maximum atomic E-state index is 12.2. The molecule has 0 aromatic heterocycles. The number of benzene rings is 2. The number of sulfonamides is 1. The van der Waals surface area contributed by atoms with Crippen molar-refractivity contribution in [1.29, 1.82) is 0 Å². The molecule has 0 spiro atoms. The maximum absolute atomic E-state index is 12.2. The molecule has 0 bridgehead atoms. The van der Waals surface area contributed by atoms with Crippen LogP contribution in [0.4, 0.5) is 5.69 Å². The van der Waals surface area contributed by atoms with Crippen LogP contribution in [0.1, 0.15) is 15.9 Å². The van der Waals surface area contributed by atoms with Crippen molar-refractivity contribution in [2.75, 3.05) is 31.3 Å². The SMILES string of the molecule is C=CCOc1ccc(/C=N\NC(=O)c2ccc(N(C)S(C)(=O)=O)cc2)cc1OC. The van der Waals surface area contributed by atoms with Crippen molar-refractivity contribution in [3.63, 3.8) is 0 Å². The van der Waals surface area contributed by atoms with E-state index in [0.29, 0.717) is 34.9 Å². The second-order valence-corrected chi connectivity index (χ2v) is 8.00. The first-order chi connectivity index (χ1) is 13.8. The van der Waals surface area contributed by atoms with Gasteiger partial charge in [0.2, 0.25) is 10.0 Å². The predicted octanol–water partition coefficient (Wildman–Crippen LogP) is 2.42. The van der Waals surface area contributed by atoms with E-state index >= 15 is 0 Å². The van der Waals surface area contributed by atoms with Crippen LogP contribution in [0.5, 0.6) is 11.5 Å². The molecule has 2 aromatic rings. The van der Waals surface area contributed by atoms with Crippen molar-refractivity contribution in [3.05, 3.63) is 66.2 Å². The average molecular weight is 417 g/mol. The highest BCUT2D eigenvalue weighted by atomic mass is 32.2. The zero-order chi connectivity index (χ0) is 21.4. The van der Waals surface area contributed by atoms with Crippen molar-refractivity contribution >= 4 is 27.8 Å². The number of rotatable bonds is 9. The summed E-state index contributed by atoms with van der Waals surface area (Å²) in [7, 11) is -0.390. The molecule has 0 saturated carbocycles. The van der Waals surface area contributed by atoms with Gasteiger partial charge in [-0.3, -0.25) is 9.10 Å². The van der Waals surface area contributed by atoms with Gasteiger partial charge in [-0.05, 0) is 48.0 Å². The highest BCUT2D eigenvalue weighted by Gasteiger charge is 2.12. The van der Waals surface area contributed by atoms with Gasteiger partial charge in [0.05, 0.1) is 25.3 Å². The molecule has 8 nitrogen and oxygen atoms in total. The molecule has 1 N–H and O–H groups in total. The van der Waals surface area contributed by atoms with Gasteiger partial charge < -0.3 is 9.47 Å². The lowest BCUT2D eigenvalue weighted by molar-refractivity contribution is 0.0955. The van der Waals surface area contributed by atoms with E-state index in [1.54, 1.807) is 36.4 Å². The van der Waals surface area contributed by atoms with E-state index in [2.05, 4.69) is 17.1 Å². The molecule has 0 fully saturated rings. The van der Waals surface area contributed by atoms with Crippen LogP contribution in [0.15, 0.2) is 60.2 Å². The second kappa shape index (κ2) is 9.74. The van der Waals surface area contributed by atoms with Gasteiger partial charge in [-0.15, -0.1) is 0 Å². The summed E-state index contributed by atoms with van der Waals surface area (Å²) < 4.78 is 35.0. The first kappa shape index (κ1) is 22.0. The van der Waals surface area contributed by atoms with Crippen molar-refractivity contribution in [2.24, 2.45) is 5.10 Å². The Bertz CT molecular complexity index is 1000. The number of carbonyl (C=O) groups excluding carboxylic acids is 1.